The van der Waals surface area contributed by atoms with Gasteiger partial charge in [-0.05, 0) is 45.2 Å². The second-order valence-corrected chi connectivity index (χ2v) is 5.37. The van der Waals surface area contributed by atoms with E-state index in [0.29, 0.717) is 19.4 Å². The van der Waals surface area contributed by atoms with Gasteiger partial charge in [-0.3, -0.25) is 4.98 Å². The molecule has 106 valence electrons. The normalized spacial score (nSPS) is 12.8. The monoisotopic (exact) mass is 266 g/mol. The Labute approximate surface area is 114 Å². The number of nitrogens with zero attached hydrogens (tertiary/aromatic N) is 1. The maximum atomic E-state index is 11.4. The summed E-state index contributed by atoms with van der Waals surface area (Å²) in [4.78, 5) is 15.3. The standard InChI is InChI=1S/C14H22N2O3/c1-14(2,3)19-13(18)16-9-5-7-12(17)11-6-4-8-15-10-11/h4,6,8,10,12,17H,5,7,9H2,1-3H3,(H,16,18)/t12-/m1/s1. The smallest absolute Gasteiger partial charge is 0.407 e. The number of hydrogen-bond acceptors (Lipinski definition) is 4. The average Bonchev–Trinajstić information content (AvgIpc) is 2.33. The summed E-state index contributed by atoms with van der Waals surface area (Å²) in [6, 6.07) is 3.62. The lowest BCUT2D eigenvalue weighted by atomic mass is 10.1. The molecular formula is C14H22N2O3. The van der Waals surface area contributed by atoms with Crippen molar-refractivity contribution in [2.75, 3.05) is 6.54 Å². The molecule has 0 unspecified atom stereocenters. The molecular weight excluding hydrogens is 244 g/mol. The highest BCUT2D eigenvalue weighted by Crippen LogP contribution is 2.16. The Morgan fingerprint density at radius 1 is 1.53 bits per heavy atom. The zero-order valence-electron chi connectivity index (χ0n) is 11.7. The van der Waals surface area contributed by atoms with Gasteiger partial charge in [-0.25, -0.2) is 4.79 Å². The van der Waals surface area contributed by atoms with Gasteiger partial charge in [0.1, 0.15) is 5.60 Å². The Morgan fingerprint density at radius 2 is 2.26 bits per heavy atom. The summed E-state index contributed by atoms with van der Waals surface area (Å²) in [5, 5.41) is 12.5. The van der Waals surface area contributed by atoms with Crippen LogP contribution in [0, 0.1) is 0 Å². The van der Waals surface area contributed by atoms with Gasteiger partial charge >= 0.3 is 6.09 Å². The summed E-state index contributed by atoms with van der Waals surface area (Å²) in [6.07, 6.45) is 3.58. The molecule has 0 saturated heterocycles. The quantitative estimate of drug-likeness (QED) is 0.803. The molecule has 1 aromatic heterocycles. The maximum absolute atomic E-state index is 11.4. The predicted octanol–water partition coefficient (Wildman–Crippen LogP) is 2.42. The molecule has 5 heteroatoms. The molecule has 1 atom stereocenters. The lowest BCUT2D eigenvalue weighted by Gasteiger charge is -2.19. The first-order valence-corrected chi connectivity index (χ1v) is 6.43. The molecule has 5 nitrogen and oxygen atoms in total. The molecule has 0 radical (unpaired) electrons. The van der Waals surface area contributed by atoms with E-state index in [-0.39, 0.29) is 0 Å². The number of alkyl carbamates (subject to hydrolysis) is 1. The first-order valence-electron chi connectivity index (χ1n) is 6.43. The number of aliphatic hydroxyl groups excluding tert-OH is 1. The topological polar surface area (TPSA) is 71.5 Å². The molecule has 0 aliphatic carbocycles. The number of hydrogen-bond donors (Lipinski definition) is 2. The summed E-state index contributed by atoms with van der Waals surface area (Å²) in [6.45, 7) is 5.93. The van der Waals surface area contributed by atoms with Crippen LogP contribution in [0.2, 0.25) is 0 Å². The van der Waals surface area contributed by atoms with Crippen molar-refractivity contribution in [1.82, 2.24) is 10.3 Å². The first-order chi connectivity index (χ1) is 8.88. The van der Waals surface area contributed by atoms with E-state index in [1.165, 1.54) is 0 Å². The van der Waals surface area contributed by atoms with E-state index < -0.39 is 17.8 Å². The number of carbonyl (C=O) groups is 1. The molecule has 1 heterocycles. The van der Waals surface area contributed by atoms with Gasteiger partial charge in [-0.15, -0.1) is 0 Å². The molecule has 1 rings (SSSR count). The number of amides is 1. The summed E-state index contributed by atoms with van der Waals surface area (Å²) >= 11 is 0. The van der Waals surface area contributed by atoms with E-state index in [0.717, 1.165) is 5.56 Å². The SMILES string of the molecule is CC(C)(C)OC(=O)NCCC[C@@H](O)c1cccnc1. The fraction of sp³-hybridized carbons (Fsp3) is 0.571. The predicted molar refractivity (Wildman–Crippen MR) is 72.7 cm³/mol. The van der Waals surface area contributed by atoms with Gasteiger partial charge in [-0.2, -0.15) is 0 Å². The summed E-state index contributed by atoms with van der Waals surface area (Å²) < 4.78 is 5.11. The van der Waals surface area contributed by atoms with Crippen LogP contribution in [0.3, 0.4) is 0 Å². The van der Waals surface area contributed by atoms with Crippen LogP contribution in [-0.4, -0.2) is 28.3 Å². The summed E-state index contributed by atoms with van der Waals surface area (Å²) in [7, 11) is 0. The number of nitrogens with one attached hydrogen (secondary N) is 1. The minimum Gasteiger partial charge on any atom is -0.444 e. The Kier molecular flexibility index (Phi) is 5.76. The largest absolute Gasteiger partial charge is 0.444 e. The molecule has 1 amide bonds. The van der Waals surface area contributed by atoms with Crippen molar-refractivity contribution in [2.24, 2.45) is 0 Å². The molecule has 0 aliphatic heterocycles. The van der Waals surface area contributed by atoms with Crippen LogP contribution in [0.15, 0.2) is 24.5 Å². The number of rotatable bonds is 5. The fourth-order valence-electron chi connectivity index (χ4n) is 1.54. The molecule has 0 bridgehead atoms. The van der Waals surface area contributed by atoms with E-state index in [1.807, 2.05) is 26.8 Å². The van der Waals surface area contributed by atoms with E-state index >= 15 is 0 Å². The number of aromatic nitrogens is 1. The number of carbonyl (C=O) groups excluding carboxylic acids is 1. The van der Waals surface area contributed by atoms with Gasteiger partial charge in [0.05, 0.1) is 6.10 Å². The minimum absolute atomic E-state index is 0.427. The van der Waals surface area contributed by atoms with Gasteiger partial charge in [0.25, 0.3) is 0 Å². The van der Waals surface area contributed by atoms with E-state index in [4.69, 9.17) is 4.74 Å². The van der Waals surface area contributed by atoms with Gasteiger partial charge in [0.2, 0.25) is 0 Å². The van der Waals surface area contributed by atoms with Crippen molar-refractivity contribution < 1.29 is 14.6 Å². The van der Waals surface area contributed by atoms with Gasteiger partial charge in [-0.1, -0.05) is 6.07 Å². The Hall–Kier alpha value is -1.62. The molecule has 0 fully saturated rings. The van der Waals surface area contributed by atoms with Crippen LogP contribution in [0.5, 0.6) is 0 Å². The Balaban J connectivity index is 2.19. The van der Waals surface area contributed by atoms with E-state index in [1.54, 1.807) is 18.5 Å². The van der Waals surface area contributed by atoms with Crippen molar-refractivity contribution in [2.45, 2.75) is 45.3 Å². The molecule has 0 spiro atoms. The van der Waals surface area contributed by atoms with E-state index in [9.17, 15) is 9.90 Å². The van der Waals surface area contributed by atoms with Crippen molar-refractivity contribution in [3.05, 3.63) is 30.1 Å². The lowest BCUT2D eigenvalue weighted by molar-refractivity contribution is 0.0523. The highest BCUT2D eigenvalue weighted by atomic mass is 16.6. The third-order valence-corrected chi connectivity index (χ3v) is 2.39. The maximum Gasteiger partial charge on any atom is 0.407 e. The highest BCUT2D eigenvalue weighted by molar-refractivity contribution is 5.67. The molecule has 19 heavy (non-hydrogen) atoms. The fourth-order valence-corrected chi connectivity index (χ4v) is 1.54. The number of ether oxygens (including phenoxy) is 1. The van der Waals surface area contributed by atoms with Crippen molar-refractivity contribution in [1.29, 1.82) is 0 Å². The second kappa shape index (κ2) is 7.09. The second-order valence-electron chi connectivity index (χ2n) is 5.37. The zero-order chi connectivity index (χ0) is 14.3. The van der Waals surface area contributed by atoms with Gasteiger partial charge < -0.3 is 15.2 Å². The van der Waals surface area contributed by atoms with Crippen molar-refractivity contribution >= 4 is 6.09 Å². The molecule has 0 saturated carbocycles. The molecule has 0 aliphatic rings. The van der Waals surface area contributed by atoms with Crippen LogP contribution in [0.1, 0.15) is 45.3 Å². The summed E-state index contributed by atoms with van der Waals surface area (Å²) in [5.41, 5.74) is 0.305. The average molecular weight is 266 g/mol. The van der Waals surface area contributed by atoms with E-state index in [2.05, 4.69) is 10.3 Å². The molecule has 1 aromatic rings. The number of aliphatic hydroxyl groups is 1. The van der Waals surface area contributed by atoms with Crippen LogP contribution >= 0.6 is 0 Å². The lowest BCUT2D eigenvalue weighted by Crippen LogP contribution is -2.33. The highest BCUT2D eigenvalue weighted by Gasteiger charge is 2.15. The Bertz CT molecular complexity index is 387. The minimum atomic E-state index is -0.547. The van der Waals surface area contributed by atoms with Gasteiger partial charge in [0.15, 0.2) is 0 Å². The summed E-state index contributed by atoms with van der Waals surface area (Å²) in [5.74, 6) is 0. The molecule has 0 aromatic carbocycles. The van der Waals surface area contributed by atoms with Crippen LogP contribution in [0.4, 0.5) is 4.79 Å². The van der Waals surface area contributed by atoms with Crippen LogP contribution in [0.25, 0.3) is 0 Å². The van der Waals surface area contributed by atoms with Crippen LogP contribution in [-0.2, 0) is 4.74 Å². The first kappa shape index (κ1) is 15.4. The third-order valence-electron chi connectivity index (χ3n) is 2.39. The molecule has 2 N–H and O–H groups in total. The zero-order valence-corrected chi connectivity index (χ0v) is 11.7. The number of pyridine rings is 1. The van der Waals surface area contributed by atoms with Crippen molar-refractivity contribution in [3.8, 4) is 0 Å². The van der Waals surface area contributed by atoms with Crippen LogP contribution < -0.4 is 5.32 Å². The van der Waals surface area contributed by atoms with Gasteiger partial charge in [0, 0.05) is 18.9 Å². The third kappa shape index (κ3) is 6.76. The Morgan fingerprint density at radius 3 is 2.84 bits per heavy atom. The van der Waals surface area contributed by atoms with Crippen molar-refractivity contribution in [3.63, 3.8) is 0 Å².